The summed E-state index contributed by atoms with van der Waals surface area (Å²) in [5.41, 5.74) is 1.69. The first-order valence-electron chi connectivity index (χ1n) is 11.8. The molecule has 0 radical (unpaired) electrons. The third-order valence-corrected chi connectivity index (χ3v) is 6.80. The molecule has 1 fully saturated rings. The van der Waals surface area contributed by atoms with Crippen LogP contribution in [-0.4, -0.2) is 37.4 Å². The highest BCUT2D eigenvalue weighted by Gasteiger charge is 2.46. The van der Waals surface area contributed by atoms with Crippen LogP contribution in [0.1, 0.15) is 49.6 Å². The van der Waals surface area contributed by atoms with E-state index in [-0.39, 0.29) is 35.1 Å². The minimum absolute atomic E-state index is 0.00621. The summed E-state index contributed by atoms with van der Waals surface area (Å²) in [7, 11) is 0. The van der Waals surface area contributed by atoms with E-state index in [9.17, 15) is 18.7 Å². The van der Waals surface area contributed by atoms with E-state index < -0.39 is 17.2 Å². The Kier molecular flexibility index (Phi) is 7.84. The van der Waals surface area contributed by atoms with Crippen LogP contribution in [0.2, 0.25) is 5.02 Å². The minimum atomic E-state index is -0.861. The van der Waals surface area contributed by atoms with Crippen molar-refractivity contribution in [3.63, 3.8) is 0 Å². The van der Waals surface area contributed by atoms with Gasteiger partial charge in [-0.05, 0) is 45.3 Å². The Morgan fingerprint density at radius 2 is 2.05 bits per heavy atom. The molecule has 11 heteroatoms. The number of aliphatic imine (C=N–C) groups is 1. The largest absolute Gasteiger partial charge is 0.485 e. The number of hydrogen-bond donors (Lipinski definition) is 1. The molecule has 4 rings (SSSR count). The van der Waals surface area contributed by atoms with Crippen LogP contribution in [-0.2, 0) is 12.0 Å². The van der Waals surface area contributed by atoms with Crippen molar-refractivity contribution in [2.45, 2.75) is 45.6 Å². The molecule has 0 bridgehead atoms. The Morgan fingerprint density at radius 1 is 1.32 bits per heavy atom. The standard InChI is InChI=1S/C27H26ClF2N5O3/c1-15(11-32-17(3)21-5-8-31-26(34-21)27(14-36)6-7-27)18(4)35-16(2)9-23(24(28)25(35)37)38-13-22-20(30)10-19(29)12-33-22/h5,8-12,36H,3,6-7,13-14H2,1-2,4H3/b18-15+,32-11?. The zero-order chi connectivity index (χ0) is 27.6. The maximum Gasteiger partial charge on any atom is 0.277 e. The fraction of sp³-hybridized carbons (Fsp3) is 0.296. The van der Waals surface area contributed by atoms with Crippen LogP contribution in [0.3, 0.4) is 0 Å². The number of hydrogen-bond acceptors (Lipinski definition) is 7. The van der Waals surface area contributed by atoms with Crippen molar-refractivity contribution < 1.29 is 18.6 Å². The monoisotopic (exact) mass is 541 g/mol. The molecule has 198 valence electrons. The van der Waals surface area contributed by atoms with Crippen molar-refractivity contribution in [3.05, 3.63) is 92.7 Å². The number of pyridine rings is 2. The van der Waals surface area contributed by atoms with E-state index in [0.717, 1.165) is 19.0 Å². The van der Waals surface area contributed by atoms with Crippen LogP contribution in [0.15, 0.2) is 52.5 Å². The van der Waals surface area contributed by atoms with Crippen LogP contribution in [0.25, 0.3) is 11.4 Å². The quantitative estimate of drug-likeness (QED) is 0.388. The summed E-state index contributed by atoms with van der Waals surface area (Å²) >= 11 is 6.29. The van der Waals surface area contributed by atoms with Crippen LogP contribution in [0.5, 0.6) is 5.75 Å². The summed E-state index contributed by atoms with van der Waals surface area (Å²) in [6.45, 7) is 8.88. The smallest absolute Gasteiger partial charge is 0.277 e. The number of aromatic nitrogens is 4. The van der Waals surface area contributed by atoms with E-state index in [0.29, 0.717) is 40.2 Å². The van der Waals surface area contributed by atoms with Crippen LogP contribution in [0, 0.1) is 18.6 Å². The van der Waals surface area contributed by atoms with Gasteiger partial charge in [0.25, 0.3) is 5.56 Å². The number of allylic oxidation sites excluding steroid dienone is 2. The van der Waals surface area contributed by atoms with E-state index in [1.807, 2.05) is 0 Å². The molecule has 3 aromatic rings. The molecular weight excluding hydrogens is 516 g/mol. The summed E-state index contributed by atoms with van der Waals surface area (Å²) in [5.74, 6) is -1.03. The molecule has 0 atom stereocenters. The van der Waals surface area contributed by atoms with Crippen molar-refractivity contribution in [2.24, 2.45) is 4.99 Å². The molecule has 0 aromatic carbocycles. The fourth-order valence-electron chi connectivity index (χ4n) is 3.79. The van der Waals surface area contributed by atoms with Crippen LogP contribution >= 0.6 is 11.6 Å². The number of ether oxygens (including phenoxy) is 1. The Balaban J connectivity index is 1.54. The Hall–Kier alpha value is -3.76. The lowest BCUT2D eigenvalue weighted by Gasteiger charge is -2.16. The lowest BCUT2D eigenvalue weighted by molar-refractivity contribution is 0.249. The Bertz CT molecular complexity index is 1530. The van der Waals surface area contributed by atoms with Gasteiger partial charge >= 0.3 is 0 Å². The zero-order valence-electron chi connectivity index (χ0n) is 21.1. The third kappa shape index (κ3) is 5.56. The van der Waals surface area contributed by atoms with Gasteiger partial charge in [-0.3, -0.25) is 19.3 Å². The van der Waals surface area contributed by atoms with Gasteiger partial charge in [-0.15, -0.1) is 0 Å². The van der Waals surface area contributed by atoms with Gasteiger partial charge in [-0.2, -0.15) is 0 Å². The number of aliphatic hydroxyl groups excluding tert-OH is 1. The summed E-state index contributed by atoms with van der Waals surface area (Å²) in [5, 5.41) is 9.46. The topological polar surface area (TPSA) is 102 Å². The molecule has 0 aliphatic heterocycles. The lowest BCUT2D eigenvalue weighted by Crippen LogP contribution is -2.23. The number of rotatable bonds is 9. The number of aliphatic hydroxyl groups is 1. The molecule has 8 nitrogen and oxygen atoms in total. The molecule has 0 saturated heterocycles. The van der Waals surface area contributed by atoms with E-state index in [4.69, 9.17) is 16.3 Å². The normalized spacial score (nSPS) is 14.9. The predicted molar refractivity (Wildman–Crippen MR) is 141 cm³/mol. The van der Waals surface area contributed by atoms with Gasteiger partial charge in [-0.1, -0.05) is 18.2 Å². The number of halogens is 3. The second kappa shape index (κ2) is 10.9. The fourth-order valence-corrected chi connectivity index (χ4v) is 3.98. The first-order chi connectivity index (χ1) is 18.1. The van der Waals surface area contributed by atoms with Gasteiger partial charge in [0.1, 0.15) is 34.7 Å². The van der Waals surface area contributed by atoms with Crippen molar-refractivity contribution in [2.75, 3.05) is 6.61 Å². The van der Waals surface area contributed by atoms with Crippen LogP contribution in [0.4, 0.5) is 8.78 Å². The second-order valence-corrected chi connectivity index (χ2v) is 9.53. The molecule has 1 saturated carbocycles. The maximum atomic E-state index is 13.9. The number of nitrogens with zero attached hydrogens (tertiary/aromatic N) is 5. The van der Waals surface area contributed by atoms with Crippen molar-refractivity contribution in [1.29, 1.82) is 0 Å². The summed E-state index contributed by atoms with van der Waals surface area (Å²) in [6.07, 6.45) is 5.75. The zero-order valence-corrected chi connectivity index (χ0v) is 21.9. The molecule has 1 N–H and O–H groups in total. The van der Waals surface area contributed by atoms with Crippen molar-refractivity contribution in [1.82, 2.24) is 19.5 Å². The number of aryl methyl sites for hydroxylation is 1. The third-order valence-electron chi connectivity index (χ3n) is 6.45. The molecular formula is C27H26ClF2N5O3. The molecule has 0 spiro atoms. The molecule has 0 unspecified atom stereocenters. The summed E-state index contributed by atoms with van der Waals surface area (Å²) in [6, 6.07) is 3.95. The van der Waals surface area contributed by atoms with E-state index >= 15 is 0 Å². The van der Waals surface area contributed by atoms with Gasteiger partial charge in [0.05, 0.1) is 29.6 Å². The van der Waals surface area contributed by atoms with Gasteiger partial charge in [0.15, 0.2) is 5.82 Å². The molecule has 1 aliphatic carbocycles. The SMILES string of the molecule is C=C(N=C/C(C)=C(\C)n1c(C)cc(OCc2ncc(F)cc2F)c(Cl)c1=O)c1ccnc(C2(CO)CC2)n1. The Labute approximate surface area is 223 Å². The first kappa shape index (κ1) is 27.3. The highest BCUT2D eigenvalue weighted by Crippen LogP contribution is 2.46. The van der Waals surface area contributed by atoms with Gasteiger partial charge in [-0.25, -0.2) is 18.7 Å². The second-order valence-electron chi connectivity index (χ2n) is 9.15. The predicted octanol–water partition coefficient (Wildman–Crippen LogP) is 4.87. The van der Waals surface area contributed by atoms with E-state index in [1.165, 1.54) is 4.57 Å². The molecule has 1 aliphatic rings. The minimum Gasteiger partial charge on any atom is -0.485 e. The van der Waals surface area contributed by atoms with E-state index in [2.05, 4.69) is 26.5 Å². The summed E-state index contributed by atoms with van der Waals surface area (Å²) in [4.78, 5) is 30.0. The molecule has 0 amide bonds. The van der Waals surface area contributed by atoms with Crippen molar-refractivity contribution in [3.8, 4) is 5.75 Å². The van der Waals surface area contributed by atoms with E-state index in [1.54, 1.807) is 45.3 Å². The highest BCUT2D eigenvalue weighted by molar-refractivity contribution is 6.31. The molecule has 3 aromatic heterocycles. The van der Waals surface area contributed by atoms with Gasteiger partial charge in [0.2, 0.25) is 0 Å². The first-order valence-corrected chi connectivity index (χ1v) is 12.1. The van der Waals surface area contributed by atoms with Crippen molar-refractivity contribution >= 4 is 29.2 Å². The van der Waals surface area contributed by atoms with Gasteiger partial charge < -0.3 is 9.84 Å². The maximum absolute atomic E-state index is 13.9. The average molecular weight is 542 g/mol. The Morgan fingerprint density at radius 3 is 2.71 bits per heavy atom. The lowest BCUT2D eigenvalue weighted by atomic mass is 10.1. The van der Waals surface area contributed by atoms with Crippen LogP contribution < -0.4 is 10.3 Å². The van der Waals surface area contributed by atoms with Gasteiger partial charge in [0, 0.05) is 35.9 Å². The average Bonchev–Trinajstić information content (AvgIpc) is 3.70. The molecule has 38 heavy (non-hydrogen) atoms. The highest BCUT2D eigenvalue weighted by atomic mass is 35.5. The summed E-state index contributed by atoms with van der Waals surface area (Å²) < 4.78 is 33.9. The molecule has 3 heterocycles.